The zero-order valence-corrected chi connectivity index (χ0v) is 37.3. The number of amides is 4. The number of imidazole rings is 1. The summed E-state index contributed by atoms with van der Waals surface area (Å²) in [5.74, 6) is 12.5. The zero-order chi connectivity index (χ0) is 45.2. The standard InChI is InChI=1S/C48H60N8O6/c1-10-36(32-23-25-34(26-24-32)47(4,5)6)48(7,54-41(49)37-21-16-28-55(37)43(57)39(31(2)3)52-45(59)61-8)27-15-14-20-35-30-50-42(51-35)38-22-17-29-56(38)44(58)40(53-46(60)62-9)33-18-12-11-13-19-33/h10-13,18-19,23-26,30-31,37-40H,16-17,21-22,28-29H2,1-9H3,(H2,49,54)(H,50,51)(H,52,59)(H,53,60)/b36-10-/t37-,38-,39-,40+,48?/m0/s1. The third-order valence-corrected chi connectivity index (χ3v) is 11.3. The van der Waals surface area contributed by atoms with Gasteiger partial charge in [-0.3, -0.25) is 9.59 Å². The Kier molecular flexibility index (Phi) is 15.3. The summed E-state index contributed by atoms with van der Waals surface area (Å²) in [6.45, 7) is 15.0. The third kappa shape index (κ3) is 11.0. The Morgan fingerprint density at radius 2 is 1.55 bits per heavy atom. The Hall–Kier alpha value is -6.54. The maximum atomic E-state index is 14.0. The summed E-state index contributed by atoms with van der Waals surface area (Å²) in [7, 11) is 2.52. The fourth-order valence-electron chi connectivity index (χ4n) is 7.99. The van der Waals surface area contributed by atoms with Crippen LogP contribution in [-0.2, 0) is 24.5 Å². The van der Waals surface area contributed by atoms with Crippen LogP contribution in [0.3, 0.4) is 0 Å². The maximum Gasteiger partial charge on any atom is 0.407 e. The second-order valence-corrected chi connectivity index (χ2v) is 17.0. The summed E-state index contributed by atoms with van der Waals surface area (Å²) < 4.78 is 9.63. The number of alkyl carbamates (subject to hydrolysis) is 2. The van der Waals surface area contributed by atoms with Crippen LogP contribution in [0.1, 0.15) is 114 Å². The summed E-state index contributed by atoms with van der Waals surface area (Å²) in [4.78, 5) is 68.7. The number of allylic oxidation sites excluding steroid dienone is 1. The van der Waals surface area contributed by atoms with E-state index in [1.807, 2.05) is 52.0 Å². The van der Waals surface area contributed by atoms with E-state index in [0.717, 1.165) is 17.6 Å². The summed E-state index contributed by atoms with van der Waals surface area (Å²) in [6.07, 6.45) is 4.94. The van der Waals surface area contributed by atoms with Gasteiger partial charge in [-0.2, -0.15) is 0 Å². The van der Waals surface area contributed by atoms with Crippen LogP contribution in [0.5, 0.6) is 0 Å². The number of hydrogen-bond donors (Lipinski definition) is 4. The number of methoxy groups -OCH3 is 2. The van der Waals surface area contributed by atoms with Gasteiger partial charge in [-0.1, -0.05) is 101 Å². The van der Waals surface area contributed by atoms with Crippen molar-refractivity contribution in [2.24, 2.45) is 16.6 Å². The molecule has 3 aromatic rings. The minimum absolute atomic E-state index is 0.0463. The Bertz CT molecular complexity index is 2270. The van der Waals surface area contributed by atoms with Crippen LogP contribution in [0.25, 0.3) is 5.57 Å². The number of ether oxygens (including phenoxy) is 2. The molecule has 0 spiro atoms. The van der Waals surface area contributed by atoms with Gasteiger partial charge in [-0.15, -0.1) is 0 Å². The van der Waals surface area contributed by atoms with Crippen LogP contribution < -0.4 is 16.4 Å². The molecule has 14 nitrogen and oxygen atoms in total. The number of carbonyl (C=O) groups excluding carboxylic acids is 4. The van der Waals surface area contributed by atoms with Crippen molar-refractivity contribution in [3.8, 4) is 23.7 Å². The highest BCUT2D eigenvalue weighted by Gasteiger charge is 2.40. The minimum atomic E-state index is -1.19. The Labute approximate surface area is 365 Å². The van der Waals surface area contributed by atoms with Gasteiger partial charge in [0.25, 0.3) is 5.91 Å². The molecule has 1 aromatic heterocycles. The summed E-state index contributed by atoms with van der Waals surface area (Å²) in [5.41, 5.74) is 9.68. The third-order valence-electron chi connectivity index (χ3n) is 11.3. The maximum absolute atomic E-state index is 14.0. The number of amidine groups is 1. The predicted molar refractivity (Wildman–Crippen MR) is 239 cm³/mol. The van der Waals surface area contributed by atoms with Crippen molar-refractivity contribution in [3.63, 3.8) is 0 Å². The van der Waals surface area contributed by atoms with Crippen molar-refractivity contribution in [1.29, 1.82) is 0 Å². The molecule has 2 aliphatic rings. The van der Waals surface area contributed by atoms with Gasteiger partial charge >= 0.3 is 12.2 Å². The number of aromatic nitrogens is 2. The van der Waals surface area contributed by atoms with Crippen LogP contribution >= 0.6 is 0 Å². The number of benzene rings is 2. The molecule has 5 N–H and O–H groups in total. The van der Waals surface area contributed by atoms with Crippen molar-refractivity contribution < 1.29 is 28.7 Å². The highest BCUT2D eigenvalue weighted by atomic mass is 16.5. The minimum Gasteiger partial charge on any atom is -0.453 e. The zero-order valence-electron chi connectivity index (χ0n) is 37.3. The molecule has 1 unspecified atom stereocenters. The fraction of sp³-hybridized carbons (Fsp3) is 0.458. The second-order valence-electron chi connectivity index (χ2n) is 17.0. The number of nitrogens with two attached hydrogens (primary N) is 1. The van der Waals surface area contributed by atoms with E-state index in [0.29, 0.717) is 49.4 Å². The predicted octanol–water partition coefficient (Wildman–Crippen LogP) is 6.41. The molecule has 62 heavy (non-hydrogen) atoms. The van der Waals surface area contributed by atoms with Gasteiger partial charge in [-0.05, 0) is 90.9 Å². The van der Waals surface area contributed by atoms with E-state index in [1.54, 1.807) is 28.1 Å². The molecule has 2 aromatic carbocycles. The number of nitrogens with one attached hydrogen (secondary N) is 3. The topological polar surface area (TPSA) is 184 Å². The Balaban J connectivity index is 1.45. The lowest BCUT2D eigenvalue weighted by molar-refractivity contribution is -0.135. The SMILES string of the molecule is C/C=C(/c1ccc(C(C)(C)C)cc1)C(C)(C#CC#Cc1cnc([C@@H]2CCCN2C(=O)[C@H](NC(=O)OC)c2ccccc2)[nH]1)/N=C(\N)[C@@H]1CCCN1C(=O)[C@@H](NC(=O)OC)C(C)C. The van der Waals surface area contributed by atoms with Crippen molar-refractivity contribution >= 4 is 35.4 Å². The molecule has 2 fully saturated rings. The molecule has 3 heterocycles. The highest BCUT2D eigenvalue weighted by Crippen LogP contribution is 2.35. The average Bonchev–Trinajstić information content (AvgIpc) is 4.05. The van der Waals surface area contributed by atoms with E-state index in [1.165, 1.54) is 19.8 Å². The van der Waals surface area contributed by atoms with Crippen molar-refractivity contribution in [2.75, 3.05) is 27.3 Å². The van der Waals surface area contributed by atoms with Crippen LogP contribution in [-0.4, -0.2) is 94.5 Å². The van der Waals surface area contributed by atoms with E-state index < -0.39 is 35.9 Å². The molecule has 14 heteroatoms. The molecule has 0 bridgehead atoms. The number of H-pyrrole nitrogens is 1. The molecule has 2 saturated heterocycles. The molecular weight excluding hydrogens is 785 g/mol. The molecule has 2 aliphatic heterocycles. The van der Waals surface area contributed by atoms with Crippen LogP contribution in [0.2, 0.25) is 0 Å². The second kappa shape index (κ2) is 20.3. The first-order valence-electron chi connectivity index (χ1n) is 21.1. The molecule has 328 valence electrons. The molecule has 0 aliphatic carbocycles. The number of aromatic amines is 1. The van der Waals surface area contributed by atoms with Crippen LogP contribution in [0.15, 0.2) is 71.9 Å². The van der Waals surface area contributed by atoms with Gasteiger partial charge in [0.15, 0.2) is 0 Å². The number of carbonyl (C=O) groups is 4. The summed E-state index contributed by atoms with van der Waals surface area (Å²) in [6, 6.07) is 14.8. The van der Waals surface area contributed by atoms with Crippen LogP contribution in [0.4, 0.5) is 9.59 Å². The summed E-state index contributed by atoms with van der Waals surface area (Å²) >= 11 is 0. The van der Waals surface area contributed by atoms with E-state index in [2.05, 4.69) is 89.3 Å². The van der Waals surface area contributed by atoms with Crippen molar-refractivity contribution in [1.82, 2.24) is 30.4 Å². The van der Waals surface area contributed by atoms with Crippen LogP contribution in [0, 0.1) is 29.6 Å². The quantitative estimate of drug-likeness (QED) is 0.0969. The monoisotopic (exact) mass is 844 g/mol. The number of rotatable bonds is 11. The van der Waals surface area contributed by atoms with Gasteiger partial charge in [0.2, 0.25) is 5.91 Å². The normalized spacial score (nSPS) is 18.7. The van der Waals surface area contributed by atoms with Gasteiger partial charge in [0, 0.05) is 13.1 Å². The summed E-state index contributed by atoms with van der Waals surface area (Å²) in [5, 5.41) is 5.37. The van der Waals surface area contributed by atoms with Gasteiger partial charge in [0.1, 0.15) is 35.0 Å². The van der Waals surface area contributed by atoms with E-state index in [9.17, 15) is 19.2 Å². The molecular formula is C48H60N8O6. The molecule has 4 amide bonds. The van der Waals surface area contributed by atoms with E-state index in [-0.39, 0.29) is 35.0 Å². The smallest absolute Gasteiger partial charge is 0.407 e. The molecule has 0 saturated carbocycles. The molecule has 0 radical (unpaired) electrons. The van der Waals surface area contributed by atoms with E-state index >= 15 is 0 Å². The largest absolute Gasteiger partial charge is 0.453 e. The Morgan fingerprint density at radius 3 is 2.18 bits per heavy atom. The first-order chi connectivity index (χ1) is 29.5. The Morgan fingerprint density at radius 1 is 0.903 bits per heavy atom. The first kappa shape index (κ1) is 46.5. The lowest BCUT2D eigenvalue weighted by Crippen LogP contribution is -2.55. The highest BCUT2D eigenvalue weighted by molar-refractivity contribution is 5.95. The molecule has 5 atom stereocenters. The molecule has 5 rings (SSSR count). The van der Waals surface area contributed by atoms with Crippen molar-refractivity contribution in [3.05, 3.63) is 95.1 Å². The number of likely N-dealkylation sites (tertiary alicyclic amines) is 2. The lowest BCUT2D eigenvalue weighted by atomic mass is 9.83. The number of aliphatic imine (C=N–C) groups is 1. The number of nitrogens with zero attached hydrogens (tertiary/aromatic N) is 4. The van der Waals surface area contributed by atoms with Gasteiger partial charge in [-0.25, -0.2) is 19.6 Å². The van der Waals surface area contributed by atoms with Crippen molar-refractivity contribution in [2.45, 2.75) is 109 Å². The van der Waals surface area contributed by atoms with E-state index in [4.69, 9.17) is 20.2 Å². The fourth-order valence-corrected chi connectivity index (χ4v) is 7.99. The lowest BCUT2D eigenvalue weighted by Gasteiger charge is -2.32. The van der Waals surface area contributed by atoms with Gasteiger partial charge in [0.05, 0.1) is 32.5 Å². The number of hydrogen-bond acceptors (Lipinski definition) is 8. The average molecular weight is 845 g/mol. The first-order valence-corrected chi connectivity index (χ1v) is 21.1. The van der Waals surface area contributed by atoms with Gasteiger partial charge < -0.3 is 40.6 Å².